The highest BCUT2D eigenvalue weighted by atomic mass is 35.5. The monoisotopic (exact) mass is 534 g/mol. The Kier molecular flexibility index (Phi) is 13.9. The van der Waals surface area contributed by atoms with E-state index in [1.165, 1.54) is 0 Å². The van der Waals surface area contributed by atoms with Crippen LogP contribution < -0.4 is 0 Å². The third-order valence-corrected chi connectivity index (χ3v) is 6.84. The van der Waals surface area contributed by atoms with E-state index in [0.29, 0.717) is 25.7 Å². The normalized spacial score (nSPS) is 15.9. The molecule has 0 radical (unpaired) electrons. The maximum atomic E-state index is 13.3. The molecule has 0 aromatic rings. The van der Waals surface area contributed by atoms with Crippen LogP contribution in [0, 0.1) is 0 Å². The summed E-state index contributed by atoms with van der Waals surface area (Å²) in [5.41, 5.74) is 0. The van der Waals surface area contributed by atoms with Crippen molar-refractivity contribution in [1.82, 2.24) is 0 Å². The van der Waals surface area contributed by atoms with Crippen molar-refractivity contribution < 1.29 is 43.9 Å². The molecule has 0 aliphatic rings. The first kappa shape index (κ1) is 31.2. The average Bonchev–Trinajstić information content (AvgIpc) is 2.62. The molecular weight excluding hydrogens is 509 g/mol. The van der Waals surface area contributed by atoms with Crippen molar-refractivity contribution in [3.8, 4) is 0 Å². The van der Waals surface area contributed by atoms with Crippen LogP contribution in [-0.2, 0) is 0 Å². The Labute approximate surface area is 189 Å². The van der Waals surface area contributed by atoms with Gasteiger partial charge in [-0.15, -0.1) is 23.2 Å². The zero-order chi connectivity index (χ0) is 24.3. The molecule has 0 aliphatic carbocycles. The molecule has 0 aromatic carbocycles. The van der Waals surface area contributed by atoms with Crippen LogP contribution in [0.25, 0.3) is 0 Å². The fraction of sp³-hybridized carbons (Fsp3) is 1.00. The molecule has 13 heteroatoms. The lowest BCUT2D eigenvalue weighted by Gasteiger charge is -2.27. The molecule has 0 amide bonds. The molecule has 0 saturated heterocycles. The predicted molar refractivity (Wildman–Crippen MR) is 105 cm³/mol. The number of thioether (sulfide) groups is 1. The maximum absolute atomic E-state index is 13.3. The van der Waals surface area contributed by atoms with Crippen molar-refractivity contribution in [2.75, 3.05) is 11.8 Å². The quantitative estimate of drug-likeness (QED) is 0.108. The lowest BCUT2D eigenvalue weighted by atomic mass is 10.1. The molecule has 0 aromatic heterocycles. The topological polar surface area (TPSA) is 0 Å². The van der Waals surface area contributed by atoms with Crippen LogP contribution in [0.1, 0.15) is 64.2 Å². The summed E-state index contributed by atoms with van der Waals surface area (Å²) in [6.07, 6.45) is -13.3. The maximum Gasteiger partial charge on any atom is 0.453 e. The number of unbranched alkanes of at least 4 members (excludes halogenated alkanes) is 2. The molecule has 0 heterocycles. The Hall–Kier alpha value is 0.230. The first-order valence-corrected chi connectivity index (χ1v) is 11.7. The average molecular weight is 535 g/mol. The van der Waals surface area contributed by atoms with Crippen molar-refractivity contribution in [3.05, 3.63) is 0 Å². The summed E-state index contributed by atoms with van der Waals surface area (Å²) in [6, 6.07) is 0. The number of hydrogen-bond donors (Lipinski definition) is 0. The first-order chi connectivity index (χ1) is 14.1. The SMILES string of the molecule is FC(F)(F)C(F)(F)CCC(CCCCCl)SC(CCCCCl)CCC(F)(F)C(F)(F)F. The van der Waals surface area contributed by atoms with Gasteiger partial charge in [-0.3, -0.25) is 0 Å². The lowest BCUT2D eigenvalue weighted by Crippen LogP contribution is -2.37. The molecular formula is C18H26Cl2F10S. The summed E-state index contributed by atoms with van der Waals surface area (Å²) in [6.45, 7) is 0. The highest BCUT2D eigenvalue weighted by Crippen LogP contribution is 2.43. The minimum absolute atomic E-state index is 0.201. The van der Waals surface area contributed by atoms with Crippen LogP contribution in [0.3, 0.4) is 0 Å². The van der Waals surface area contributed by atoms with Gasteiger partial charge in [0.1, 0.15) is 0 Å². The largest absolute Gasteiger partial charge is 0.453 e. The van der Waals surface area contributed by atoms with Crippen molar-refractivity contribution in [1.29, 1.82) is 0 Å². The molecule has 0 bridgehead atoms. The molecule has 0 N–H and O–H groups in total. The Balaban J connectivity index is 5.22. The van der Waals surface area contributed by atoms with Gasteiger partial charge < -0.3 is 0 Å². The third kappa shape index (κ3) is 12.3. The van der Waals surface area contributed by atoms with Gasteiger partial charge in [-0.25, -0.2) is 0 Å². The molecule has 0 saturated carbocycles. The van der Waals surface area contributed by atoms with Gasteiger partial charge in [0.15, 0.2) is 0 Å². The minimum atomic E-state index is -5.72. The summed E-state index contributed by atoms with van der Waals surface area (Å²) in [7, 11) is 0. The van der Waals surface area contributed by atoms with Crippen molar-refractivity contribution in [2.24, 2.45) is 0 Å². The van der Waals surface area contributed by atoms with Gasteiger partial charge in [0.2, 0.25) is 0 Å². The number of rotatable bonds is 16. The second kappa shape index (κ2) is 13.8. The van der Waals surface area contributed by atoms with E-state index in [1.54, 1.807) is 0 Å². The summed E-state index contributed by atoms with van der Waals surface area (Å²) in [5, 5.41) is -1.51. The second-order valence-electron chi connectivity index (χ2n) is 7.23. The van der Waals surface area contributed by atoms with Crippen LogP contribution in [0.2, 0.25) is 0 Å². The van der Waals surface area contributed by atoms with Crippen molar-refractivity contribution in [3.63, 3.8) is 0 Å². The van der Waals surface area contributed by atoms with Crippen LogP contribution in [0.5, 0.6) is 0 Å². The lowest BCUT2D eigenvalue weighted by molar-refractivity contribution is -0.284. The summed E-state index contributed by atoms with van der Waals surface area (Å²) < 4.78 is 128. The predicted octanol–water partition coefficient (Wildman–Crippen LogP) is 9.23. The molecule has 0 aliphatic heterocycles. The molecule has 0 fully saturated rings. The highest BCUT2D eigenvalue weighted by molar-refractivity contribution is 8.00. The molecule has 2 unspecified atom stereocenters. The van der Waals surface area contributed by atoms with Gasteiger partial charge >= 0.3 is 24.2 Å². The van der Waals surface area contributed by atoms with E-state index < -0.39 is 60.4 Å². The highest BCUT2D eigenvalue weighted by Gasteiger charge is 2.57. The van der Waals surface area contributed by atoms with E-state index in [9.17, 15) is 43.9 Å². The fourth-order valence-electron chi connectivity index (χ4n) is 2.73. The van der Waals surface area contributed by atoms with Gasteiger partial charge in [-0.05, 0) is 38.5 Å². The Morgan fingerprint density at radius 3 is 1.10 bits per heavy atom. The van der Waals surface area contributed by atoms with Crippen LogP contribution in [0.15, 0.2) is 0 Å². The van der Waals surface area contributed by atoms with Gasteiger partial charge in [0.05, 0.1) is 0 Å². The fourth-order valence-corrected chi connectivity index (χ4v) is 4.77. The summed E-state index contributed by atoms with van der Waals surface area (Å²) >= 11 is 12.0. The standard InChI is InChI=1S/C18H26Cl2F10S/c19-11-3-1-5-13(7-9-15(21,22)17(25,26)27)31-14(6-2-4-12-20)8-10-16(23,24)18(28,29)30/h13-14H,1-12H2. The molecule has 31 heavy (non-hydrogen) atoms. The van der Waals surface area contributed by atoms with Crippen molar-refractivity contribution in [2.45, 2.75) is 98.9 Å². The van der Waals surface area contributed by atoms with Crippen LogP contribution in [-0.4, -0.2) is 46.5 Å². The first-order valence-electron chi connectivity index (χ1n) is 9.74. The molecule has 2 atom stereocenters. The van der Waals surface area contributed by atoms with E-state index in [4.69, 9.17) is 23.2 Å². The Morgan fingerprint density at radius 1 is 0.516 bits per heavy atom. The van der Waals surface area contributed by atoms with Gasteiger partial charge in [0, 0.05) is 35.1 Å². The smallest absolute Gasteiger partial charge is 0.196 e. The molecule has 0 nitrogen and oxygen atoms in total. The molecule has 0 spiro atoms. The van der Waals surface area contributed by atoms with Crippen LogP contribution in [0.4, 0.5) is 43.9 Å². The van der Waals surface area contributed by atoms with Crippen molar-refractivity contribution >= 4 is 35.0 Å². The third-order valence-electron chi connectivity index (χ3n) is 4.59. The summed E-state index contributed by atoms with van der Waals surface area (Å²) in [5.74, 6) is -9.33. The molecule has 0 rings (SSSR count). The van der Waals surface area contributed by atoms with E-state index in [0.717, 1.165) is 11.8 Å². The van der Waals surface area contributed by atoms with E-state index in [1.807, 2.05) is 0 Å². The van der Waals surface area contributed by atoms with Gasteiger partial charge in [-0.2, -0.15) is 55.7 Å². The number of halogens is 12. The van der Waals surface area contributed by atoms with Gasteiger partial charge in [-0.1, -0.05) is 12.8 Å². The minimum Gasteiger partial charge on any atom is -0.196 e. The zero-order valence-electron chi connectivity index (χ0n) is 16.6. The van der Waals surface area contributed by atoms with Gasteiger partial charge in [0.25, 0.3) is 0 Å². The Bertz CT molecular complexity index is 441. The number of hydrogen-bond acceptors (Lipinski definition) is 1. The van der Waals surface area contributed by atoms with E-state index >= 15 is 0 Å². The summed E-state index contributed by atoms with van der Waals surface area (Å²) in [4.78, 5) is 0. The second-order valence-corrected chi connectivity index (χ2v) is 9.59. The van der Waals surface area contributed by atoms with E-state index in [-0.39, 0.29) is 24.6 Å². The molecule has 188 valence electrons. The zero-order valence-corrected chi connectivity index (χ0v) is 18.9. The Morgan fingerprint density at radius 2 is 0.839 bits per heavy atom. The number of alkyl halides is 12. The van der Waals surface area contributed by atoms with Crippen LogP contribution >= 0.6 is 35.0 Å². The van der Waals surface area contributed by atoms with E-state index in [2.05, 4.69) is 0 Å².